The van der Waals surface area contributed by atoms with E-state index in [9.17, 15) is 9.90 Å². The molecular weight excluding hydrogens is 320 g/mol. The van der Waals surface area contributed by atoms with E-state index in [1.165, 1.54) is 0 Å². The number of nitrogens with zero attached hydrogens (tertiary/aromatic N) is 4. The Morgan fingerprint density at radius 3 is 2.92 bits per heavy atom. The number of pyridine rings is 1. The molecule has 0 saturated carbocycles. The van der Waals surface area contributed by atoms with E-state index < -0.39 is 12.2 Å². The zero-order valence-corrected chi connectivity index (χ0v) is 13.7. The average molecular weight is 338 g/mol. The van der Waals surface area contributed by atoms with Gasteiger partial charge in [-0.05, 0) is 12.1 Å². The molecule has 1 aliphatic rings. The van der Waals surface area contributed by atoms with Gasteiger partial charge in [0.05, 0.1) is 36.6 Å². The number of rotatable bonds is 3. The van der Waals surface area contributed by atoms with Gasteiger partial charge in [0.15, 0.2) is 5.75 Å². The number of hydrogen-bond acceptors (Lipinski definition) is 5. The molecule has 0 unspecified atom stereocenters. The second-order valence-corrected chi connectivity index (χ2v) is 6.20. The maximum absolute atomic E-state index is 12.7. The number of likely N-dealkylation sites (tertiary alicyclic amines) is 1. The molecule has 0 radical (unpaired) electrons. The molecule has 1 saturated heterocycles. The Bertz CT molecular complexity index is 923. The topological polar surface area (TPSA) is 80.5 Å². The highest BCUT2D eigenvalue weighted by molar-refractivity contribution is 5.97. The SMILES string of the molecule is Cn1cc(O[C@@H]2CN(C(=O)c3cnc4ccccc4c3)C[C@H]2O)cn1. The molecule has 2 atom stereocenters. The van der Waals surface area contributed by atoms with Crippen molar-refractivity contribution < 1.29 is 14.6 Å². The summed E-state index contributed by atoms with van der Waals surface area (Å²) in [6.45, 7) is 0.554. The number of aryl methyl sites for hydroxylation is 1. The second kappa shape index (κ2) is 6.18. The third kappa shape index (κ3) is 3.06. The van der Waals surface area contributed by atoms with Gasteiger partial charge in [0.1, 0.15) is 12.2 Å². The van der Waals surface area contributed by atoms with Gasteiger partial charge in [0, 0.05) is 18.6 Å². The lowest BCUT2D eigenvalue weighted by Crippen LogP contribution is -2.31. The van der Waals surface area contributed by atoms with Gasteiger partial charge in [-0.25, -0.2) is 0 Å². The third-order valence-corrected chi connectivity index (χ3v) is 4.33. The van der Waals surface area contributed by atoms with Crippen molar-refractivity contribution in [3.8, 4) is 5.75 Å². The highest BCUT2D eigenvalue weighted by Gasteiger charge is 2.36. The minimum Gasteiger partial charge on any atom is -0.482 e. The first-order valence-corrected chi connectivity index (χ1v) is 8.07. The summed E-state index contributed by atoms with van der Waals surface area (Å²) >= 11 is 0. The molecule has 7 nitrogen and oxygen atoms in total. The number of aromatic nitrogens is 3. The molecule has 4 rings (SSSR count). The zero-order valence-electron chi connectivity index (χ0n) is 13.7. The smallest absolute Gasteiger partial charge is 0.255 e. The summed E-state index contributed by atoms with van der Waals surface area (Å²) in [7, 11) is 1.79. The fourth-order valence-electron chi connectivity index (χ4n) is 3.04. The van der Waals surface area contributed by atoms with Gasteiger partial charge in [-0.1, -0.05) is 18.2 Å². The van der Waals surface area contributed by atoms with Crippen molar-refractivity contribution in [2.45, 2.75) is 12.2 Å². The number of fused-ring (bicyclic) bond motifs is 1. The van der Waals surface area contributed by atoms with Gasteiger partial charge in [-0.3, -0.25) is 14.5 Å². The molecule has 0 aliphatic carbocycles. The van der Waals surface area contributed by atoms with Crippen molar-refractivity contribution in [3.05, 3.63) is 54.5 Å². The van der Waals surface area contributed by atoms with Crippen LogP contribution in [-0.2, 0) is 7.05 Å². The van der Waals surface area contributed by atoms with Crippen molar-refractivity contribution in [1.82, 2.24) is 19.7 Å². The number of amides is 1. The summed E-state index contributed by atoms with van der Waals surface area (Å²) in [5.74, 6) is 0.419. The Balaban J connectivity index is 1.50. The average Bonchev–Trinajstić information content (AvgIpc) is 3.20. The minimum absolute atomic E-state index is 0.158. The molecule has 1 aliphatic heterocycles. The zero-order chi connectivity index (χ0) is 17.4. The molecule has 2 aromatic heterocycles. The lowest BCUT2D eigenvalue weighted by atomic mass is 10.1. The Hall–Kier alpha value is -2.93. The molecular formula is C18H18N4O3. The molecule has 3 aromatic rings. The fraction of sp³-hybridized carbons (Fsp3) is 0.278. The molecule has 1 aromatic carbocycles. The first-order chi connectivity index (χ1) is 12.1. The van der Waals surface area contributed by atoms with E-state index in [1.54, 1.807) is 35.2 Å². The van der Waals surface area contributed by atoms with Gasteiger partial charge < -0.3 is 14.7 Å². The molecule has 3 heterocycles. The normalized spacial score (nSPS) is 20.2. The van der Waals surface area contributed by atoms with E-state index in [2.05, 4.69) is 10.1 Å². The van der Waals surface area contributed by atoms with Crippen LogP contribution in [-0.4, -0.2) is 56.0 Å². The molecule has 128 valence electrons. The van der Waals surface area contributed by atoms with Crippen LogP contribution in [0.3, 0.4) is 0 Å². The fourth-order valence-corrected chi connectivity index (χ4v) is 3.04. The predicted molar refractivity (Wildman–Crippen MR) is 91.3 cm³/mol. The van der Waals surface area contributed by atoms with Crippen molar-refractivity contribution in [2.24, 2.45) is 7.05 Å². The first kappa shape index (κ1) is 15.6. The second-order valence-electron chi connectivity index (χ2n) is 6.20. The lowest BCUT2D eigenvalue weighted by Gasteiger charge is -2.16. The number of para-hydroxylation sites is 1. The molecule has 25 heavy (non-hydrogen) atoms. The Morgan fingerprint density at radius 2 is 2.12 bits per heavy atom. The van der Waals surface area contributed by atoms with Crippen molar-refractivity contribution in [2.75, 3.05) is 13.1 Å². The summed E-state index contributed by atoms with van der Waals surface area (Å²) in [6.07, 6.45) is 3.68. The van der Waals surface area contributed by atoms with Crippen molar-refractivity contribution >= 4 is 16.8 Å². The summed E-state index contributed by atoms with van der Waals surface area (Å²) < 4.78 is 7.38. The molecule has 1 N–H and O–H groups in total. The first-order valence-electron chi connectivity index (χ1n) is 8.07. The quantitative estimate of drug-likeness (QED) is 0.777. The third-order valence-electron chi connectivity index (χ3n) is 4.33. The van der Waals surface area contributed by atoms with E-state index in [0.717, 1.165) is 10.9 Å². The number of carbonyl (C=O) groups excluding carboxylic acids is 1. The molecule has 0 bridgehead atoms. The number of benzene rings is 1. The van der Waals surface area contributed by atoms with Gasteiger partial charge in [0.25, 0.3) is 5.91 Å². The summed E-state index contributed by atoms with van der Waals surface area (Å²) in [5, 5.41) is 15.2. The molecule has 1 amide bonds. The summed E-state index contributed by atoms with van der Waals surface area (Å²) in [6, 6.07) is 9.48. The monoisotopic (exact) mass is 338 g/mol. The number of aliphatic hydroxyl groups is 1. The van der Waals surface area contributed by atoms with Gasteiger partial charge in [0.2, 0.25) is 0 Å². The van der Waals surface area contributed by atoms with E-state index in [-0.39, 0.29) is 12.5 Å². The van der Waals surface area contributed by atoms with Gasteiger partial charge in [-0.15, -0.1) is 0 Å². The van der Waals surface area contributed by atoms with E-state index in [1.807, 2.05) is 30.3 Å². The maximum Gasteiger partial charge on any atom is 0.255 e. The molecule has 1 fully saturated rings. The van der Waals surface area contributed by atoms with Crippen LogP contribution >= 0.6 is 0 Å². The van der Waals surface area contributed by atoms with Crippen LogP contribution in [0.25, 0.3) is 10.9 Å². The van der Waals surface area contributed by atoms with Gasteiger partial charge >= 0.3 is 0 Å². The van der Waals surface area contributed by atoms with Crippen LogP contribution in [0.2, 0.25) is 0 Å². The van der Waals surface area contributed by atoms with Crippen LogP contribution < -0.4 is 4.74 Å². The Kier molecular flexibility index (Phi) is 3.85. The molecule has 0 spiro atoms. The maximum atomic E-state index is 12.7. The highest BCUT2D eigenvalue weighted by atomic mass is 16.5. The summed E-state index contributed by atoms with van der Waals surface area (Å²) in [4.78, 5) is 18.7. The predicted octanol–water partition coefficient (Wildman–Crippen LogP) is 1.23. The highest BCUT2D eigenvalue weighted by Crippen LogP contribution is 2.21. The Morgan fingerprint density at radius 1 is 1.28 bits per heavy atom. The van der Waals surface area contributed by atoms with E-state index in [4.69, 9.17) is 4.74 Å². The van der Waals surface area contributed by atoms with Crippen molar-refractivity contribution in [3.63, 3.8) is 0 Å². The largest absolute Gasteiger partial charge is 0.482 e. The van der Waals surface area contributed by atoms with Crippen molar-refractivity contribution in [1.29, 1.82) is 0 Å². The number of aliphatic hydroxyl groups excluding tert-OH is 1. The van der Waals surface area contributed by atoms with Crippen LogP contribution in [0.5, 0.6) is 5.75 Å². The number of carbonyl (C=O) groups is 1. The number of ether oxygens (including phenoxy) is 1. The van der Waals surface area contributed by atoms with Crippen LogP contribution in [0.4, 0.5) is 0 Å². The van der Waals surface area contributed by atoms with Crippen LogP contribution in [0.1, 0.15) is 10.4 Å². The van der Waals surface area contributed by atoms with E-state index >= 15 is 0 Å². The molecule has 7 heteroatoms. The standard InChI is InChI=1S/C18H18N4O3/c1-21-9-14(8-20-21)25-17-11-22(10-16(17)23)18(24)13-6-12-4-2-3-5-15(12)19-7-13/h2-9,16-17,23H,10-11H2,1H3/t16-,17-/m1/s1. The minimum atomic E-state index is -0.738. The van der Waals surface area contributed by atoms with Crippen LogP contribution in [0, 0.1) is 0 Å². The summed E-state index contributed by atoms with van der Waals surface area (Å²) in [5.41, 5.74) is 1.35. The number of hydrogen-bond donors (Lipinski definition) is 1. The number of β-amino-alcohol motifs (C(OH)–C–C–N with tert-alkyl or cyclic N) is 1. The lowest BCUT2D eigenvalue weighted by molar-refractivity contribution is 0.0729. The Labute approximate surface area is 144 Å². The van der Waals surface area contributed by atoms with Crippen LogP contribution in [0.15, 0.2) is 48.9 Å². The van der Waals surface area contributed by atoms with E-state index in [0.29, 0.717) is 17.9 Å². The van der Waals surface area contributed by atoms with Gasteiger partial charge in [-0.2, -0.15) is 5.10 Å².